The van der Waals surface area contributed by atoms with E-state index in [1.54, 1.807) is 46.0 Å². The van der Waals surface area contributed by atoms with Gasteiger partial charge in [0.05, 0.1) is 17.9 Å². The van der Waals surface area contributed by atoms with Gasteiger partial charge in [-0.2, -0.15) is 5.10 Å². The standard InChI is InChI=1S/C21H18Cl2N4O3/c22-14-3-1-13(2-4-14)11-24-21(30)26-10-9-18-17(12-26)19(20(28)29)25-27(18)16-7-5-15(23)6-8-16/h1-8H,9-12H2,(H,24,30)(H,28,29). The minimum Gasteiger partial charge on any atom is -0.476 e. The molecule has 0 unspecified atom stereocenters. The van der Waals surface area contributed by atoms with E-state index in [0.717, 1.165) is 16.9 Å². The number of fused-ring (bicyclic) bond motifs is 1. The molecule has 7 nitrogen and oxygen atoms in total. The number of urea groups is 1. The maximum atomic E-state index is 12.6. The number of hydrogen-bond donors (Lipinski definition) is 2. The van der Waals surface area contributed by atoms with Crippen LogP contribution in [0.4, 0.5) is 4.79 Å². The van der Waals surface area contributed by atoms with Gasteiger partial charge >= 0.3 is 12.0 Å². The van der Waals surface area contributed by atoms with Gasteiger partial charge in [0.2, 0.25) is 0 Å². The normalized spacial score (nSPS) is 13.1. The van der Waals surface area contributed by atoms with E-state index in [0.29, 0.717) is 35.1 Å². The lowest BCUT2D eigenvalue weighted by Gasteiger charge is -2.28. The van der Waals surface area contributed by atoms with Crippen LogP contribution in [-0.2, 0) is 19.5 Å². The Morgan fingerprint density at radius 1 is 1.03 bits per heavy atom. The highest BCUT2D eigenvalue weighted by Crippen LogP contribution is 2.26. The third-order valence-electron chi connectivity index (χ3n) is 4.98. The van der Waals surface area contributed by atoms with Gasteiger partial charge in [-0.05, 0) is 42.0 Å². The van der Waals surface area contributed by atoms with Crippen molar-refractivity contribution in [2.45, 2.75) is 19.5 Å². The van der Waals surface area contributed by atoms with E-state index in [1.807, 2.05) is 12.1 Å². The monoisotopic (exact) mass is 444 g/mol. The van der Waals surface area contributed by atoms with Gasteiger partial charge in [0.15, 0.2) is 5.69 Å². The molecule has 3 aromatic rings. The molecule has 0 atom stereocenters. The van der Waals surface area contributed by atoms with Gasteiger partial charge in [-0.25, -0.2) is 14.3 Å². The largest absolute Gasteiger partial charge is 0.476 e. The molecule has 0 fully saturated rings. The predicted octanol–water partition coefficient (Wildman–Crippen LogP) is 4.15. The minimum absolute atomic E-state index is 0.0462. The number of hydrogen-bond acceptors (Lipinski definition) is 3. The SMILES string of the molecule is O=C(O)c1nn(-c2ccc(Cl)cc2)c2c1CN(C(=O)NCc1ccc(Cl)cc1)CC2. The summed E-state index contributed by atoms with van der Waals surface area (Å²) in [5.74, 6) is -1.12. The van der Waals surface area contributed by atoms with Gasteiger partial charge in [0.25, 0.3) is 0 Å². The van der Waals surface area contributed by atoms with Crippen LogP contribution in [-0.4, -0.2) is 38.3 Å². The third kappa shape index (κ3) is 4.13. The number of halogens is 2. The van der Waals surface area contributed by atoms with Gasteiger partial charge in [-0.15, -0.1) is 0 Å². The number of carboxylic acid groups (broad SMARTS) is 1. The lowest BCUT2D eigenvalue weighted by atomic mass is 10.1. The number of nitrogens with one attached hydrogen (secondary N) is 1. The van der Waals surface area contributed by atoms with Gasteiger partial charge < -0.3 is 15.3 Å². The maximum Gasteiger partial charge on any atom is 0.356 e. The fourth-order valence-corrected chi connectivity index (χ4v) is 3.70. The Morgan fingerprint density at radius 2 is 1.67 bits per heavy atom. The molecule has 0 saturated carbocycles. The van der Waals surface area contributed by atoms with Crippen LogP contribution in [0.3, 0.4) is 0 Å². The van der Waals surface area contributed by atoms with E-state index in [9.17, 15) is 14.7 Å². The third-order valence-corrected chi connectivity index (χ3v) is 5.48. The van der Waals surface area contributed by atoms with Crippen LogP contribution in [0.15, 0.2) is 48.5 Å². The van der Waals surface area contributed by atoms with E-state index in [1.165, 1.54) is 0 Å². The molecule has 4 rings (SSSR count). The van der Waals surface area contributed by atoms with Crippen LogP contribution < -0.4 is 5.32 Å². The summed E-state index contributed by atoms with van der Waals surface area (Å²) in [4.78, 5) is 26.0. The van der Waals surface area contributed by atoms with E-state index in [-0.39, 0.29) is 18.3 Å². The number of amides is 2. The Morgan fingerprint density at radius 3 is 2.30 bits per heavy atom. The summed E-state index contributed by atoms with van der Waals surface area (Å²) in [6, 6.07) is 14.0. The summed E-state index contributed by atoms with van der Waals surface area (Å²) in [5, 5.41) is 18.0. The maximum absolute atomic E-state index is 12.6. The van der Waals surface area contributed by atoms with Crippen molar-refractivity contribution in [1.82, 2.24) is 20.0 Å². The van der Waals surface area contributed by atoms with E-state index in [4.69, 9.17) is 23.2 Å². The second kappa shape index (κ2) is 8.38. The van der Waals surface area contributed by atoms with Crippen molar-refractivity contribution in [2.24, 2.45) is 0 Å². The zero-order valence-electron chi connectivity index (χ0n) is 15.8. The first-order chi connectivity index (χ1) is 14.4. The first-order valence-electron chi connectivity index (χ1n) is 9.29. The zero-order chi connectivity index (χ0) is 21.3. The first kappa shape index (κ1) is 20.3. The van der Waals surface area contributed by atoms with E-state index >= 15 is 0 Å². The molecule has 0 aliphatic carbocycles. The number of rotatable bonds is 4. The number of aromatic nitrogens is 2. The Kier molecular flexibility index (Phi) is 5.65. The molecule has 0 bridgehead atoms. The van der Waals surface area contributed by atoms with Crippen LogP contribution in [0.5, 0.6) is 0 Å². The molecule has 2 N–H and O–H groups in total. The molecule has 2 heterocycles. The highest BCUT2D eigenvalue weighted by molar-refractivity contribution is 6.30. The van der Waals surface area contributed by atoms with Gasteiger partial charge in [-0.3, -0.25) is 0 Å². The molecule has 0 saturated heterocycles. The van der Waals surface area contributed by atoms with Crippen molar-refractivity contribution >= 4 is 35.2 Å². The first-order valence-corrected chi connectivity index (χ1v) is 10.0. The summed E-state index contributed by atoms with van der Waals surface area (Å²) in [5.41, 5.74) is 2.94. The van der Waals surface area contributed by atoms with Crippen molar-refractivity contribution in [2.75, 3.05) is 6.54 Å². The van der Waals surface area contributed by atoms with Crippen LogP contribution in [0, 0.1) is 0 Å². The van der Waals surface area contributed by atoms with E-state index in [2.05, 4.69) is 10.4 Å². The fourth-order valence-electron chi connectivity index (χ4n) is 3.45. The summed E-state index contributed by atoms with van der Waals surface area (Å²) >= 11 is 11.8. The van der Waals surface area contributed by atoms with Crippen molar-refractivity contribution in [1.29, 1.82) is 0 Å². The number of nitrogens with zero attached hydrogens (tertiary/aromatic N) is 3. The van der Waals surface area contributed by atoms with Gasteiger partial charge in [0, 0.05) is 35.1 Å². The Bertz CT molecular complexity index is 1090. The molecular weight excluding hydrogens is 427 g/mol. The molecule has 0 spiro atoms. The minimum atomic E-state index is -1.12. The van der Waals surface area contributed by atoms with Gasteiger partial charge in [-0.1, -0.05) is 35.3 Å². The predicted molar refractivity (Wildman–Crippen MR) is 113 cm³/mol. The summed E-state index contributed by atoms with van der Waals surface area (Å²) in [6.07, 6.45) is 0.493. The molecule has 2 aromatic carbocycles. The van der Waals surface area contributed by atoms with Crippen molar-refractivity contribution < 1.29 is 14.7 Å². The zero-order valence-corrected chi connectivity index (χ0v) is 17.3. The van der Waals surface area contributed by atoms with Crippen LogP contribution in [0.25, 0.3) is 5.69 Å². The average Bonchev–Trinajstić information content (AvgIpc) is 3.13. The molecule has 30 heavy (non-hydrogen) atoms. The Labute approximate surface area is 182 Å². The summed E-state index contributed by atoms with van der Waals surface area (Å²) in [6.45, 7) is 0.990. The molecule has 0 radical (unpaired) electrons. The van der Waals surface area contributed by atoms with Gasteiger partial charge in [0.1, 0.15) is 0 Å². The Balaban J connectivity index is 1.53. The van der Waals surface area contributed by atoms with Crippen LogP contribution in [0.2, 0.25) is 10.0 Å². The number of carbonyl (C=O) groups excluding carboxylic acids is 1. The van der Waals surface area contributed by atoms with Crippen LogP contribution >= 0.6 is 23.2 Å². The molecule has 9 heteroatoms. The van der Waals surface area contributed by atoms with Crippen molar-refractivity contribution in [3.05, 3.63) is 81.1 Å². The molecule has 154 valence electrons. The number of aromatic carboxylic acids is 1. The van der Waals surface area contributed by atoms with Crippen molar-refractivity contribution in [3.8, 4) is 5.69 Å². The summed E-state index contributed by atoms with van der Waals surface area (Å²) < 4.78 is 1.62. The summed E-state index contributed by atoms with van der Waals surface area (Å²) in [7, 11) is 0. The second-order valence-electron chi connectivity index (χ2n) is 6.92. The smallest absolute Gasteiger partial charge is 0.356 e. The lowest BCUT2D eigenvalue weighted by molar-refractivity contribution is 0.0687. The molecule has 1 aliphatic rings. The highest BCUT2D eigenvalue weighted by Gasteiger charge is 2.30. The number of benzene rings is 2. The highest BCUT2D eigenvalue weighted by atomic mass is 35.5. The molecule has 2 amide bonds. The van der Waals surface area contributed by atoms with Crippen molar-refractivity contribution in [3.63, 3.8) is 0 Å². The lowest BCUT2D eigenvalue weighted by Crippen LogP contribution is -2.42. The molecule has 1 aliphatic heterocycles. The quantitative estimate of drug-likeness (QED) is 0.632. The Hall–Kier alpha value is -3.03. The molecule has 1 aromatic heterocycles. The topological polar surface area (TPSA) is 87.5 Å². The van der Waals surface area contributed by atoms with Crippen LogP contribution in [0.1, 0.15) is 27.3 Å². The second-order valence-corrected chi connectivity index (χ2v) is 7.80. The molecular formula is C21H18Cl2N4O3. The average molecular weight is 445 g/mol. The number of carbonyl (C=O) groups is 2. The number of carboxylic acids is 1. The fraction of sp³-hybridized carbons (Fsp3) is 0.190. The van der Waals surface area contributed by atoms with E-state index < -0.39 is 5.97 Å².